The molecule has 2 bridgehead atoms. The Morgan fingerprint density at radius 3 is 3.00 bits per heavy atom. The van der Waals surface area contributed by atoms with E-state index in [4.69, 9.17) is 4.74 Å². The summed E-state index contributed by atoms with van der Waals surface area (Å²) in [5, 5.41) is 35.7. The van der Waals surface area contributed by atoms with Crippen LogP contribution < -0.4 is 4.74 Å². The van der Waals surface area contributed by atoms with Gasteiger partial charge in [-0.15, -0.1) is 6.58 Å². The number of H-pyrrole nitrogens is 1. The van der Waals surface area contributed by atoms with Crippen molar-refractivity contribution in [1.29, 1.82) is 0 Å². The Bertz CT molecular complexity index is 1410. The first kappa shape index (κ1) is 20.1. The van der Waals surface area contributed by atoms with Gasteiger partial charge in [0.15, 0.2) is 17.6 Å². The molecular weight excluding hydrogens is 434 g/mol. The van der Waals surface area contributed by atoms with E-state index in [1.165, 1.54) is 6.07 Å². The monoisotopic (exact) mass is 459 g/mol. The molecule has 1 saturated heterocycles. The summed E-state index contributed by atoms with van der Waals surface area (Å²) in [4.78, 5) is 16.9. The largest absolute Gasteiger partial charge is 0.504 e. The normalized spacial score (nSPS) is 30.5. The first-order valence-electron chi connectivity index (χ1n) is 11.8. The summed E-state index contributed by atoms with van der Waals surface area (Å²) in [6, 6.07) is 8.33. The molecule has 0 amide bonds. The van der Waals surface area contributed by atoms with Crippen molar-refractivity contribution >= 4 is 16.6 Å². The number of nitrogens with zero attached hydrogens (tertiary/aromatic N) is 2. The Morgan fingerprint density at radius 1 is 1.35 bits per heavy atom. The number of nitro benzene ring substituents is 1. The van der Waals surface area contributed by atoms with Crippen molar-refractivity contribution in [3.05, 3.63) is 75.5 Å². The lowest BCUT2D eigenvalue weighted by Crippen LogP contribution is -2.74. The molecule has 34 heavy (non-hydrogen) atoms. The van der Waals surface area contributed by atoms with Crippen molar-refractivity contribution in [3.63, 3.8) is 0 Å². The molecule has 4 aliphatic rings. The summed E-state index contributed by atoms with van der Waals surface area (Å²) in [7, 11) is 0. The fourth-order valence-corrected chi connectivity index (χ4v) is 7.40. The molecule has 0 radical (unpaired) electrons. The number of phenols is 1. The summed E-state index contributed by atoms with van der Waals surface area (Å²) >= 11 is 0. The summed E-state index contributed by atoms with van der Waals surface area (Å²) in [6.45, 7) is 5.50. The van der Waals surface area contributed by atoms with Crippen molar-refractivity contribution in [2.24, 2.45) is 0 Å². The summed E-state index contributed by atoms with van der Waals surface area (Å²) in [6.07, 6.45) is 3.96. The number of nitro groups is 1. The minimum Gasteiger partial charge on any atom is -0.504 e. The number of phenolic OH excluding ortho intramolecular Hbond substituents is 1. The molecular formula is C26H25N3O5. The Kier molecular flexibility index (Phi) is 3.77. The van der Waals surface area contributed by atoms with Gasteiger partial charge in [-0.2, -0.15) is 0 Å². The van der Waals surface area contributed by atoms with Crippen LogP contribution in [0.5, 0.6) is 11.5 Å². The molecule has 0 unspecified atom stereocenters. The smallest absolute Gasteiger partial charge is 0.270 e. The second kappa shape index (κ2) is 6.40. The van der Waals surface area contributed by atoms with E-state index in [1.807, 2.05) is 12.1 Å². The quantitative estimate of drug-likeness (QED) is 0.312. The predicted octanol–water partition coefficient (Wildman–Crippen LogP) is 3.65. The Hall–Kier alpha value is -3.36. The maximum Gasteiger partial charge on any atom is 0.270 e. The molecule has 0 saturated carbocycles. The highest BCUT2D eigenvalue weighted by molar-refractivity contribution is 5.88. The maximum atomic E-state index is 12.7. The van der Waals surface area contributed by atoms with Gasteiger partial charge >= 0.3 is 0 Å². The molecule has 1 fully saturated rings. The van der Waals surface area contributed by atoms with Crippen molar-refractivity contribution in [3.8, 4) is 11.5 Å². The van der Waals surface area contributed by atoms with Gasteiger partial charge in [0.05, 0.1) is 21.6 Å². The second-order valence-corrected chi connectivity index (χ2v) is 10.1. The number of nitrogens with one attached hydrogen (secondary N) is 1. The SMILES string of the molecule is C=CCCN1CC[C@]23c4c5ccc(O)c4O[C@H]2c2[nH]c4ccc([N+](=O)[O-])cc4c2C[C@@]3(O)[C@H]1C5. The van der Waals surface area contributed by atoms with E-state index in [1.54, 1.807) is 18.2 Å². The van der Waals surface area contributed by atoms with Crippen LogP contribution in [-0.2, 0) is 18.3 Å². The molecule has 8 nitrogen and oxygen atoms in total. The van der Waals surface area contributed by atoms with Crippen LogP contribution in [0.4, 0.5) is 5.69 Å². The van der Waals surface area contributed by atoms with E-state index >= 15 is 0 Å². The highest BCUT2D eigenvalue weighted by Crippen LogP contribution is 2.68. The van der Waals surface area contributed by atoms with Gasteiger partial charge in [-0.25, -0.2) is 0 Å². The van der Waals surface area contributed by atoms with Crippen LogP contribution in [0.2, 0.25) is 0 Å². The molecule has 2 aromatic carbocycles. The van der Waals surface area contributed by atoms with E-state index in [0.29, 0.717) is 25.0 Å². The predicted molar refractivity (Wildman–Crippen MR) is 125 cm³/mol. The number of hydrogen-bond acceptors (Lipinski definition) is 6. The molecule has 2 aliphatic carbocycles. The number of non-ortho nitro benzene ring substituents is 1. The zero-order chi connectivity index (χ0) is 23.4. The van der Waals surface area contributed by atoms with E-state index in [-0.39, 0.29) is 17.5 Å². The molecule has 8 heteroatoms. The first-order chi connectivity index (χ1) is 16.4. The highest BCUT2D eigenvalue weighted by atomic mass is 16.6. The van der Waals surface area contributed by atoms with Gasteiger partial charge in [-0.05, 0) is 49.1 Å². The van der Waals surface area contributed by atoms with Crippen LogP contribution in [0.25, 0.3) is 10.9 Å². The van der Waals surface area contributed by atoms with Crippen LogP contribution in [0.1, 0.15) is 41.3 Å². The standard InChI is InChI=1S/C26H25N3O5/c1-2-3-9-28-10-8-25-21-14-4-7-19(30)23(21)34-24(25)22-17(13-26(25,31)20(28)11-14)16-12-15(29(32)33)5-6-18(16)27-22/h2,4-7,12,20,24,27,30-31H,1,3,8-11,13H2/t20-,24+,25+,26-/m1/s1. The van der Waals surface area contributed by atoms with Crippen LogP contribution in [-0.4, -0.2) is 49.8 Å². The number of aromatic amines is 1. The number of rotatable bonds is 4. The lowest BCUT2D eigenvalue weighted by molar-refractivity contribution is -0.384. The van der Waals surface area contributed by atoms with Crippen LogP contribution in [0.15, 0.2) is 43.0 Å². The van der Waals surface area contributed by atoms with Crippen LogP contribution in [0, 0.1) is 10.1 Å². The summed E-state index contributed by atoms with van der Waals surface area (Å²) in [5.74, 6) is 0.558. The number of fused-ring (bicyclic) bond motifs is 4. The lowest BCUT2D eigenvalue weighted by atomic mass is 9.49. The van der Waals surface area contributed by atoms with E-state index < -0.39 is 22.0 Å². The number of aromatic hydroxyl groups is 1. The Balaban J connectivity index is 1.51. The third kappa shape index (κ3) is 2.16. The zero-order valence-electron chi connectivity index (χ0n) is 18.6. The third-order valence-electron chi connectivity index (χ3n) is 8.79. The first-order valence-corrected chi connectivity index (χ1v) is 11.8. The third-order valence-corrected chi connectivity index (χ3v) is 8.79. The van der Waals surface area contributed by atoms with E-state index in [2.05, 4.69) is 16.5 Å². The topological polar surface area (TPSA) is 112 Å². The van der Waals surface area contributed by atoms with Gasteiger partial charge in [-0.3, -0.25) is 15.0 Å². The van der Waals surface area contributed by atoms with Crippen LogP contribution >= 0.6 is 0 Å². The molecule has 3 aromatic rings. The second-order valence-electron chi connectivity index (χ2n) is 10.1. The van der Waals surface area contributed by atoms with Crippen molar-refractivity contribution < 1.29 is 19.9 Å². The maximum absolute atomic E-state index is 12.7. The summed E-state index contributed by atoms with van der Waals surface area (Å²) < 4.78 is 6.51. The van der Waals surface area contributed by atoms with E-state index in [0.717, 1.165) is 52.8 Å². The van der Waals surface area contributed by atoms with Gasteiger partial charge in [0, 0.05) is 47.6 Å². The fourth-order valence-electron chi connectivity index (χ4n) is 7.40. The van der Waals surface area contributed by atoms with Crippen molar-refractivity contribution in [2.45, 2.75) is 48.8 Å². The number of ether oxygens (including phenoxy) is 1. The van der Waals surface area contributed by atoms with Gasteiger partial charge in [0.1, 0.15) is 0 Å². The molecule has 174 valence electrons. The minimum absolute atomic E-state index is 0.0218. The fraction of sp³-hybridized carbons (Fsp3) is 0.385. The molecule has 1 aromatic heterocycles. The zero-order valence-corrected chi connectivity index (χ0v) is 18.6. The average Bonchev–Trinajstić information content (AvgIpc) is 3.35. The number of aliphatic hydroxyl groups is 1. The van der Waals surface area contributed by atoms with Gasteiger partial charge in [0.2, 0.25) is 0 Å². The van der Waals surface area contributed by atoms with E-state index in [9.17, 15) is 20.3 Å². The van der Waals surface area contributed by atoms with Crippen LogP contribution in [0.3, 0.4) is 0 Å². The minimum atomic E-state index is -1.14. The molecule has 2 aliphatic heterocycles. The summed E-state index contributed by atoms with van der Waals surface area (Å²) in [5.41, 5.74) is 2.75. The Morgan fingerprint density at radius 2 is 2.21 bits per heavy atom. The number of aromatic nitrogens is 1. The average molecular weight is 460 g/mol. The number of likely N-dealkylation sites (tertiary alicyclic amines) is 1. The highest BCUT2D eigenvalue weighted by Gasteiger charge is 2.72. The van der Waals surface area contributed by atoms with Crippen molar-refractivity contribution in [2.75, 3.05) is 13.1 Å². The Labute approximate surface area is 195 Å². The number of piperidine rings is 1. The lowest BCUT2D eigenvalue weighted by Gasteiger charge is -2.62. The molecule has 4 atom stereocenters. The number of benzene rings is 2. The van der Waals surface area contributed by atoms with Gasteiger partial charge in [-0.1, -0.05) is 12.1 Å². The number of hydrogen-bond donors (Lipinski definition) is 3. The van der Waals surface area contributed by atoms with Gasteiger partial charge in [0.25, 0.3) is 5.69 Å². The van der Waals surface area contributed by atoms with Gasteiger partial charge < -0.3 is 19.9 Å². The molecule has 3 N–H and O–H groups in total. The molecule has 3 heterocycles. The molecule has 1 spiro atoms. The van der Waals surface area contributed by atoms with Crippen molar-refractivity contribution in [1.82, 2.24) is 9.88 Å². The molecule has 7 rings (SSSR count).